The molecule has 0 spiro atoms. The number of amidine groups is 2. The summed E-state index contributed by atoms with van der Waals surface area (Å²) in [5.41, 5.74) is 9.52. The van der Waals surface area contributed by atoms with Crippen LogP contribution in [-0.4, -0.2) is 11.7 Å². The monoisotopic (exact) mass is 753 g/mol. The van der Waals surface area contributed by atoms with Crippen molar-refractivity contribution in [3.05, 3.63) is 217 Å². The van der Waals surface area contributed by atoms with E-state index < -0.39 is 6.17 Å². The van der Waals surface area contributed by atoms with Gasteiger partial charge < -0.3 is 9.73 Å². The fraction of sp³-hybridized carbons (Fsp3) is 0.0182. The van der Waals surface area contributed by atoms with Gasteiger partial charge in [-0.05, 0) is 83.5 Å². The van der Waals surface area contributed by atoms with E-state index in [1.165, 1.54) is 38.1 Å². The number of furan rings is 1. The summed E-state index contributed by atoms with van der Waals surface area (Å²) in [7, 11) is 0. The van der Waals surface area contributed by atoms with E-state index in [0.29, 0.717) is 0 Å². The highest BCUT2D eigenvalue weighted by molar-refractivity contribution is 6.22. The minimum absolute atomic E-state index is 0.509. The smallest absolute Gasteiger partial charge is 0.170 e. The van der Waals surface area contributed by atoms with Crippen molar-refractivity contribution in [1.29, 1.82) is 0 Å². The Balaban J connectivity index is 1.06. The van der Waals surface area contributed by atoms with Crippen LogP contribution in [0.2, 0.25) is 0 Å². The average Bonchev–Trinajstić information content (AvgIpc) is 3.70. The van der Waals surface area contributed by atoms with Gasteiger partial charge in [-0.1, -0.05) is 182 Å². The number of aliphatic imine (C=N–C) groups is 2. The molecule has 1 unspecified atom stereocenters. The van der Waals surface area contributed by atoms with E-state index in [-0.39, 0.29) is 0 Å². The maximum Gasteiger partial charge on any atom is 0.170 e. The predicted molar refractivity (Wildman–Crippen MR) is 246 cm³/mol. The second kappa shape index (κ2) is 13.4. The first kappa shape index (κ1) is 33.3. The number of nitrogens with one attached hydrogen (secondary N) is 1. The number of para-hydroxylation sites is 1. The molecule has 1 aromatic heterocycles. The molecule has 0 aliphatic carbocycles. The summed E-state index contributed by atoms with van der Waals surface area (Å²) in [5.74, 6) is 1.58. The molecule has 4 nitrogen and oxygen atoms in total. The van der Waals surface area contributed by atoms with Crippen molar-refractivity contribution in [3.63, 3.8) is 0 Å². The van der Waals surface area contributed by atoms with Crippen LogP contribution < -0.4 is 5.32 Å². The van der Waals surface area contributed by atoms with Crippen LogP contribution in [0.25, 0.3) is 87.3 Å². The lowest BCUT2D eigenvalue weighted by Crippen LogP contribution is -2.36. The van der Waals surface area contributed by atoms with Gasteiger partial charge in [0.05, 0.1) is 0 Å². The highest BCUT2D eigenvalue weighted by Gasteiger charge is 2.25. The standard InChI is InChI=1S/C55H35N3O/c1-2-13-34(14-3-1)39-31-32-48(44-18-7-6-17-41(39)44)55-57-53(37-29-30-40-36(33-37)28-27-35-15-4-5-16-38(35)40)56-54(58-55)47-24-11-20-42-43(21-10-22-45(42)47)46-23-12-26-51-52(46)49-19-8-9-25-50(49)59-51/h1-33,54H,(H,56,57,58). The SMILES string of the molecule is c1ccc(-c2ccc(C3=NC(c4cccc5c(-c6cccc7oc8ccccc8c67)cccc45)N=C(c4ccc5c(ccc6ccccc65)c4)N3)c3ccccc23)cc1. The van der Waals surface area contributed by atoms with Crippen LogP contribution >= 0.6 is 0 Å². The second-order valence-corrected chi connectivity index (χ2v) is 15.3. The van der Waals surface area contributed by atoms with Crippen molar-refractivity contribution < 1.29 is 4.42 Å². The summed E-state index contributed by atoms with van der Waals surface area (Å²) >= 11 is 0. The molecule has 1 aliphatic rings. The summed E-state index contributed by atoms with van der Waals surface area (Å²) in [5, 5.41) is 15.4. The summed E-state index contributed by atoms with van der Waals surface area (Å²) in [6.07, 6.45) is -0.509. The lowest BCUT2D eigenvalue weighted by molar-refractivity contribution is 0.669. The van der Waals surface area contributed by atoms with Crippen molar-refractivity contribution in [2.75, 3.05) is 0 Å². The third kappa shape index (κ3) is 5.45. The van der Waals surface area contributed by atoms with Crippen LogP contribution in [0.15, 0.2) is 215 Å². The number of rotatable bonds is 5. The van der Waals surface area contributed by atoms with E-state index in [1.807, 2.05) is 12.1 Å². The summed E-state index contributed by atoms with van der Waals surface area (Å²) in [6, 6.07) is 71.1. The molecule has 12 rings (SSSR count). The van der Waals surface area contributed by atoms with Crippen molar-refractivity contribution in [1.82, 2.24) is 5.32 Å². The molecule has 0 bridgehead atoms. The zero-order valence-electron chi connectivity index (χ0n) is 31.9. The molecule has 0 fully saturated rings. The Morgan fingerprint density at radius 2 is 0.966 bits per heavy atom. The molecule has 10 aromatic carbocycles. The quantitative estimate of drug-likeness (QED) is 0.178. The molecule has 4 heteroatoms. The molecule has 276 valence electrons. The van der Waals surface area contributed by atoms with Gasteiger partial charge >= 0.3 is 0 Å². The second-order valence-electron chi connectivity index (χ2n) is 15.3. The topological polar surface area (TPSA) is 49.9 Å². The van der Waals surface area contributed by atoms with Crippen molar-refractivity contribution >= 4 is 76.7 Å². The molecule has 0 amide bonds. The van der Waals surface area contributed by atoms with Crippen LogP contribution in [-0.2, 0) is 0 Å². The van der Waals surface area contributed by atoms with Gasteiger partial charge in [0.1, 0.15) is 22.8 Å². The van der Waals surface area contributed by atoms with Gasteiger partial charge in [-0.3, -0.25) is 0 Å². The van der Waals surface area contributed by atoms with Gasteiger partial charge in [-0.2, -0.15) is 0 Å². The first-order valence-electron chi connectivity index (χ1n) is 20.1. The zero-order valence-corrected chi connectivity index (χ0v) is 31.9. The third-order valence-corrected chi connectivity index (χ3v) is 11.9. The number of nitrogens with zero attached hydrogens (tertiary/aromatic N) is 2. The van der Waals surface area contributed by atoms with Crippen molar-refractivity contribution in [2.45, 2.75) is 6.17 Å². The number of benzene rings is 10. The molecule has 59 heavy (non-hydrogen) atoms. The lowest BCUT2D eigenvalue weighted by Gasteiger charge is -2.24. The fourth-order valence-electron chi connectivity index (χ4n) is 9.20. The van der Waals surface area contributed by atoms with E-state index >= 15 is 0 Å². The summed E-state index contributed by atoms with van der Waals surface area (Å²) in [4.78, 5) is 10.9. The van der Waals surface area contributed by atoms with Crippen molar-refractivity contribution in [2.24, 2.45) is 9.98 Å². The summed E-state index contributed by atoms with van der Waals surface area (Å²) < 4.78 is 6.32. The molecule has 1 aliphatic heterocycles. The van der Waals surface area contributed by atoms with Gasteiger partial charge in [0.25, 0.3) is 0 Å². The van der Waals surface area contributed by atoms with Crippen LogP contribution in [0, 0.1) is 0 Å². The molecule has 1 atom stereocenters. The number of fused-ring (bicyclic) bond motifs is 8. The molecule has 0 saturated carbocycles. The molecular formula is C55H35N3O. The fourth-order valence-corrected chi connectivity index (χ4v) is 9.20. The van der Waals surface area contributed by atoms with Gasteiger partial charge in [0.15, 0.2) is 6.17 Å². The lowest BCUT2D eigenvalue weighted by atomic mass is 9.92. The predicted octanol–water partition coefficient (Wildman–Crippen LogP) is 14.0. The number of hydrogen-bond donors (Lipinski definition) is 1. The maximum absolute atomic E-state index is 6.32. The molecule has 11 aromatic rings. The maximum atomic E-state index is 6.32. The van der Waals surface area contributed by atoms with Gasteiger partial charge in [-0.15, -0.1) is 0 Å². The van der Waals surface area contributed by atoms with Gasteiger partial charge in [0.2, 0.25) is 0 Å². The molecule has 0 saturated heterocycles. The Bertz CT molecular complexity index is 3540. The largest absolute Gasteiger partial charge is 0.456 e. The molecular weight excluding hydrogens is 719 g/mol. The van der Waals surface area contributed by atoms with Crippen LogP contribution in [0.4, 0.5) is 0 Å². The van der Waals surface area contributed by atoms with E-state index in [4.69, 9.17) is 14.4 Å². The summed E-state index contributed by atoms with van der Waals surface area (Å²) in [6.45, 7) is 0. The number of hydrogen-bond acceptors (Lipinski definition) is 4. The van der Waals surface area contributed by atoms with E-state index in [9.17, 15) is 0 Å². The Hall–Kier alpha value is -7.82. The van der Waals surface area contributed by atoms with Crippen molar-refractivity contribution in [3.8, 4) is 22.3 Å². The molecule has 2 heterocycles. The van der Waals surface area contributed by atoms with Crippen LogP contribution in [0.5, 0.6) is 0 Å². The first-order chi connectivity index (χ1) is 29.2. The van der Waals surface area contributed by atoms with E-state index in [0.717, 1.165) is 77.6 Å². The highest BCUT2D eigenvalue weighted by atomic mass is 16.3. The Morgan fingerprint density at radius 3 is 1.86 bits per heavy atom. The normalized spacial score (nSPS) is 14.3. The Morgan fingerprint density at radius 1 is 0.356 bits per heavy atom. The highest BCUT2D eigenvalue weighted by Crippen LogP contribution is 2.41. The van der Waals surface area contributed by atoms with Crippen LogP contribution in [0.1, 0.15) is 22.9 Å². The minimum atomic E-state index is -0.509. The third-order valence-electron chi connectivity index (χ3n) is 11.9. The van der Waals surface area contributed by atoms with Gasteiger partial charge in [-0.25, -0.2) is 9.98 Å². The first-order valence-corrected chi connectivity index (χ1v) is 20.1. The van der Waals surface area contributed by atoms with E-state index in [2.05, 4.69) is 193 Å². The molecule has 0 radical (unpaired) electrons. The zero-order chi connectivity index (χ0) is 38.9. The van der Waals surface area contributed by atoms with Gasteiger partial charge in [0, 0.05) is 27.5 Å². The molecule has 1 N–H and O–H groups in total. The van der Waals surface area contributed by atoms with Crippen LogP contribution in [0.3, 0.4) is 0 Å². The minimum Gasteiger partial charge on any atom is -0.456 e. The Kier molecular flexibility index (Phi) is 7.57. The van der Waals surface area contributed by atoms with E-state index in [1.54, 1.807) is 0 Å². The Labute approximate surface area is 340 Å². The average molecular weight is 754 g/mol.